The van der Waals surface area contributed by atoms with E-state index in [0.717, 1.165) is 25.7 Å². The number of hydrogen-bond donors (Lipinski definition) is 0. The van der Waals surface area contributed by atoms with Crippen LogP contribution in [0.4, 0.5) is 0 Å². The lowest BCUT2D eigenvalue weighted by molar-refractivity contribution is 0.400. The maximum Gasteiger partial charge on any atom is 0.0901 e. The van der Waals surface area contributed by atoms with Gasteiger partial charge in [-0.25, -0.2) is 0 Å². The van der Waals surface area contributed by atoms with Crippen molar-refractivity contribution >= 4 is 0 Å². The number of unbranched alkanes of at least 4 members (excludes halogenated alkanes) is 8. The van der Waals surface area contributed by atoms with Crippen LogP contribution in [0.15, 0.2) is 36.8 Å². The molecule has 0 N–H and O–H groups in total. The van der Waals surface area contributed by atoms with E-state index >= 15 is 0 Å². The summed E-state index contributed by atoms with van der Waals surface area (Å²) >= 11 is 0. The molecule has 0 unspecified atom stereocenters. The van der Waals surface area contributed by atoms with E-state index in [0.29, 0.717) is 6.42 Å². The molecule has 0 aromatic carbocycles. The van der Waals surface area contributed by atoms with E-state index in [2.05, 4.69) is 25.1 Å². The van der Waals surface area contributed by atoms with E-state index in [-0.39, 0.29) is 0 Å². The zero-order chi connectivity index (χ0) is 14.7. The first-order chi connectivity index (χ1) is 9.91. The number of allylic oxidation sites excluding steroid dienone is 4. The van der Waals surface area contributed by atoms with Gasteiger partial charge >= 0.3 is 0 Å². The lowest BCUT2D eigenvalue weighted by Gasteiger charge is -1.95. The van der Waals surface area contributed by atoms with Crippen LogP contribution >= 0.6 is 0 Å². The minimum absolute atomic E-state index is 0.690. The van der Waals surface area contributed by atoms with Crippen molar-refractivity contribution in [3.8, 4) is 6.07 Å². The Hall–Kier alpha value is -1.49. The highest BCUT2D eigenvalue weighted by atomic mass is 16.5. The van der Waals surface area contributed by atoms with Crippen LogP contribution in [-0.2, 0) is 4.74 Å². The first-order valence-electron chi connectivity index (χ1n) is 7.91. The van der Waals surface area contributed by atoms with Gasteiger partial charge in [-0.1, -0.05) is 44.8 Å². The molecule has 0 aromatic heterocycles. The second-order valence-corrected chi connectivity index (χ2v) is 4.87. The minimum atomic E-state index is 0.690. The van der Waals surface area contributed by atoms with Crippen molar-refractivity contribution in [1.82, 2.24) is 0 Å². The average Bonchev–Trinajstić information content (AvgIpc) is 2.47. The summed E-state index contributed by atoms with van der Waals surface area (Å²) in [5, 5.41) is 8.39. The van der Waals surface area contributed by atoms with Gasteiger partial charge in [0.25, 0.3) is 0 Å². The van der Waals surface area contributed by atoms with Crippen LogP contribution in [0.25, 0.3) is 0 Å². The molecular formula is C18H29NO. The van der Waals surface area contributed by atoms with Crippen molar-refractivity contribution in [3.05, 3.63) is 36.8 Å². The Morgan fingerprint density at radius 1 is 0.850 bits per heavy atom. The molecule has 0 saturated carbocycles. The zero-order valence-electron chi connectivity index (χ0n) is 12.9. The van der Waals surface area contributed by atoms with Crippen molar-refractivity contribution in [1.29, 1.82) is 5.26 Å². The molecule has 0 bridgehead atoms. The maximum atomic E-state index is 8.39. The summed E-state index contributed by atoms with van der Waals surface area (Å²) in [6.45, 7) is 2.22. The highest BCUT2D eigenvalue weighted by Crippen LogP contribution is 2.05. The number of nitriles is 1. The van der Waals surface area contributed by atoms with Crippen LogP contribution in [0.1, 0.15) is 71.1 Å². The lowest BCUT2D eigenvalue weighted by atomic mass is 10.1. The third kappa shape index (κ3) is 16.5. The summed E-state index contributed by atoms with van der Waals surface area (Å²) in [4.78, 5) is 0. The fourth-order valence-corrected chi connectivity index (χ4v) is 1.77. The molecule has 2 nitrogen and oxygen atoms in total. The molecule has 0 atom stereocenters. The predicted molar refractivity (Wildman–Crippen MR) is 86.0 cm³/mol. The van der Waals surface area contributed by atoms with E-state index in [4.69, 9.17) is 10.00 Å². The lowest BCUT2D eigenvalue weighted by Crippen LogP contribution is -1.77. The molecule has 112 valence electrons. The molecule has 0 spiro atoms. The smallest absolute Gasteiger partial charge is 0.0901 e. The number of nitrogens with zero attached hydrogens (tertiary/aromatic N) is 1. The Morgan fingerprint density at radius 3 is 2.40 bits per heavy atom. The molecule has 0 saturated heterocycles. The molecular weight excluding hydrogens is 246 g/mol. The molecule has 20 heavy (non-hydrogen) atoms. The highest BCUT2D eigenvalue weighted by molar-refractivity contribution is 5.00. The van der Waals surface area contributed by atoms with E-state index in [1.807, 2.05) is 12.2 Å². The van der Waals surface area contributed by atoms with Crippen molar-refractivity contribution in [2.24, 2.45) is 0 Å². The second kappa shape index (κ2) is 17.5. The van der Waals surface area contributed by atoms with E-state index in [1.165, 1.54) is 32.1 Å². The third-order valence-corrected chi connectivity index (χ3v) is 2.96. The Bertz CT molecular complexity index is 310. The topological polar surface area (TPSA) is 33.0 Å². The van der Waals surface area contributed by atoms with Gasteiger partial charge in [0.15, 0.2) is 0 Å². The Balaban J connectivity index is 3.28. The maximum absolute atomic E-state index is 8.39. The van der Waals surface area contributed by atoms with Crippen LogP contribution in [0, 0.1) is 11.3 Å². The Labute approximate surface area is 124 Å². The number of hydrogen-bond acceptors (Lipinski definition) is 2. The summed E-state index contributed by atoms with van der Waals surface area (Å²) in [6, 6.07) is 2.17. The first-order valence-corrected chi connectivity index (χ1v) is 7.91. The van der Waals surface area contributed by atoms with Crippen LogP contribution < -0.4 is 0 Å². The normalized spacial score (nSPS) is 11.6. The SMILES string of the molecule is CCCCC/C=C\C=C\O/C=C/CCCCCCC#N. The van der Waals surface area contributed by atoms with E-state index < -0.39 is 0 Å². The summed E-state index contributed by atoms with van der Waals surface area (Å²) < 4.78 is 5.25. The standard InChI is InChI=1S/C18H29NO/c1-2-3-4-5-8-11-14-17-20-18-15-12-9-6-7-10-13-16-19/h8,11,14-15,17-18H,2-7,9-10,12-13H2,1H3/b11-8-,17-14+,18-15+. The summed E-state index contributed by atoms with van der Waals surface area (Å²) in [5.41, 5.74) is 0. The summed E-state index contributed by atoms with van der Waals surface area (Å²) in [5.74, 6) is 0. The monoisotopic (exact) mass is 275 g/mol. The second-order valence-electron chi connectivity index (χ2n) is 4.87. The van der Waals surface area contributed by atoms with Crippen LogP contribution in [0.3, 0.4) is 0 Å². The fraction of sp³-hybridized carbons (Fsp3) is 0.611. The van der Waals surface area contributed by atoms with Crippen molar-refractivity contribution in [2.45, 2.75) is 71.1 Å². The molecule has 0 radical (unpaired) electrons. The van der Waals surface area contributed by atoms with Gasteiger partial charge in [-0.05, 0) is 44.3 Å². The largest absolute Gasteiger partial charge is 0.473 e. The van der Waals surface area contributed by atoms with Gasteiger partial charge in [-0.3, -0.25) is 0 Å². The van der Waals surface area contributed by atoms with Crippen LogP contribution in [-0.4, -0.2) is 0 Å². The molecule has 0 aromatic rings. The molecule has 0 aliphatic rings. The molecule has 0 fully saturated rings. The third-order valence-electron chi connectivity index (χ3n) is 2.96. The van der Waals surface area contributed by atoms with Gasteiger partial charge in [0.05, 0.1) is 18.6 Å². The highest BCUT2D eigenvalue weighted by Gasteiger charge is 1.87. The van der Waals surface area contributed by atoms with Gasteiger partial charge in [-0.2, -0.15) is 5.26 Å². The molecule has 0 heterocycles. The quantitative estimate of drug-likeness (QED) is 0.233. The molecule has 0 rings (SSSR count). The molecule has 2 heteroatoms. The van der Waals surface area contributed by atoms with Crippen molar-refractivity contribution in [2.75, 3.05) is 0 Å². The summed E-state index contributed by atoms with van der Waals surface area (Å²) in [7, 11) is 0. The number of rotatable bonds is 13. The van der Waals surface area contributed by atoms with Crippen molar-refractivity contribution < 1.29 is 4.74 Å². The Kier molecular flexibility index (Phi) is 16.2. The van der Waals surface area contributed by atoms with Gasteiger partial charge in [0.1, 0.15) is 0 Å². The molecule has 0 aliphatic carbocycles. The van der Waals surface area contributed by atoms with Gasteiger partial charge in [0, 0.05) is 6.42 Å². The first kappa shape index (κ1) is 18.5. The predicted octanol–water partition coefficient (Wildman–Crippen LogP) is 6.03. The van der Waals surface area contributed by atoms with Gasteiger partial charge < -0.3 is 4.74 Å². The van der Waals surface area contributed by atoms with Gasteiger partial charge in [0.2, 0.25) is 0 Å². The van der Waals surface area contributed by atoms with Crippen LogP contribution in [0.5, 0.6) is 0 Å². The molecule has 0 aliphatic heterocycles. The summed E-state index contributed by atoms with van der Waals surface area (Å²) in [6.07, 6.45) is 23.0. The van der Waals surface area contributed by atoms with Crippen molar-refractivity contribution in [3.63, 3.8) is 0 Å². The fourth-order valence-electron chi connectivity index (χ4n) is 1.77. The van der Waals surface area contributed by atoms with E-state index in [9.17, 15) is 0 Å². The van der Waals surface area contributed by atoms with E-state index in [1.54, 1.807) is 12.5 Å². The minimum Gasteiger partial charge on any atom is -0.473 e. The molecule has 0 amide bonds. The van der Waals surface area contributed by atoms with Crippen LogP contribution in [0.2, 0.25) is 0 Å². The Morgan fingerprint density at radius 2 is 1.60 bits per heavy atom. The average molecular weight is 275 g/mol. The van der Waals surface area contributed by atoms with Gasteiger partial charge in [-0.15, -0.1) is 0 Å². The number of ether oxygens (including phenoxy) is 1. The zero-order valence-corrected chi connectivity index (χ0v) is 12.9.